The number of carbonyl (C=O) groups excluding carboxylic acids is 1. The zero-order chi connectivity index (χ0) is 16.2. The molecule has 1 atom stereocenters. The van der Waals surface area contributed by atoms with Crippen LogP contribution in [0.5, 0.6) is 0 Å². The number of rotatable bonds is 5. The van der Waals surface area contributed by atoms with Gasteiger partial charge in [0, 0.05) is 5.02 Å². The minimum Gasteiger partial charge on any atom is -0.289 e. The van der Waals surface area contributed by atoms with Crippen molar-refractivity contribution in [3.63, 3.8) is 0 Å². The van der Waals surface area contributed by atoms with Gasteiger partial charge in [0.25, 0.3) is 5.91 Å². The topological polar surface area (TPSA) is 95.5 Å². The highest BCUT2D eigenvalue weighted by atomic mass is 35.5. The minimum atomic E-state index is -3.99. The molecule has 0 heterocycles. The number of halogens is 1. The van der Waals surface area contributed by atoms with Crippen molar-refractivity contribution in [1.82, 2.24) is 10.2 Å². The summed E-state index contributed by atoms with van der Waals surface area (Å²) in [5, 5.41) is 9.08. The normalized spacial score (nSPS) is 12.6. The number of nitrogens with one attached hydrogen (secondary N) is 2. The van der Waals surface area contributed by atoms with Gasteiger partial charge in [0.05, 0.1) is 4.90 Å². The second-order valence-electron chi connectivity index (χ2n) is 4.40. The first-order chi connectivity index (χ1) is 10.4. The van der Waals surface area contributed by atoms with Crippen molar-refractivity contribution in [3.05, 3.63) is 65.2 Å². The maximum atomic E-state index is 12.4. The lowest BCUT2D eigenvalue weighted by molar-refractivity contribution is -0.131. The summed E-state index contributed by atoms with van der Waals surface area (Å²) in [4.78, 5) is 11.7. The Morgan fingerprint density at radius 1 is 1.09 bits per heavy atom. The van der Waals surface area contributed by atoms with Crippen molar-refractivity contribution in [1.29, 1.82) is 0 Å². The van der Waals surface area contributed by atoms with Crippen LogP contribution in [0.4, 0.5) is 0 Å². The van der Waals surface area contributed by atoms with Crippen molar-refractivity contribution in [2.24, 2.45) is 0 Å². The molecule has 0 radical (unpaired) electrons. The quantitative estimate of drug-likeness (QED) is 0.572. The van der Waals surface area contributed by atoms with E-state index in [-0.39, 0.29) is 9.92 Å². The van der Waals surface area contributed by atoms with Crippen molar-refractivity contribution in [3.8, 4) is 0 Å². The van der Waals surface area contributed by atoms with Crippen LogP contribution in [0.15, 0.2) is 59.5 Å². The first-order valence-corrected chi connectivity index (χ1v) is 8.07. The molecule has 0 fully saturated rings. The molecular formula is C14H13ClN2O4S. The Morgan fingerprint density at radius 3 is 2.36 bits per heavy atom. The molecule has 6 nitrogen and oxygen atoms in total. The third-order valence-corrected chi connectivity index (χ3v) is 4.54. The Hall–Kier alpha value is -1.93. The fourth-order valence-corrected chi connectivity index (χ4v) is 3.32. The van der Waals surface area contributed by atoms with Gasteiger partial charge in [0.2, 0.25) is 10.0 Å². The number of hydrogen-bond acceptors (Lipinski definition) is 4. The number of sulfonamides is 1. The molecular weight excluding hydrogens is 328 g/mol. The first kappa shape index (κ1) is 16.4. The summed E-state index contributed by atoms with van der Waals surface area (Å²) in [6, 6.07) is 12.5. The van der Waals surface area contributed by atoms with Crippen LogP contribution in [0.2, 0.25) is 5.02 Å². The fourth-order valence-electron chi connectivity index (χ4n) is 1.84. The molecule has 1 unspecified atom stereocenters. The molecule has 2 aromatic carbocycles. The fraction of sp³-hybridized carbons (Fsp3) is 0.0714. The molecule has 1 amide bonds. The molecule has 3 N–H and O–H groups in total. The summed E-state index contributed by atoms with van der Waals surface area (Å²) in [6.07, 6.45) is 0. The maximum absolute atomic E-state index is 12.4. The van der Waals surface area contributed by atoms with Gasteiger partial charge in [0.1, 0.15) is 6.04 Å². The molecule has 8 heteroatoms. The van der Waals surface area contributed by atoms with E-state index in [9.17, 15) is 13.2 Å². The van der Waals surface area contributed by atoms with Crippen LogP contribution < -0.4 is 10.2 Å². The summed E-state index contributed by atoms with van der Waals surface area (Å²) >= 11 is 5.78. The van der Waals surface area contributed by atoms with E-state index in [1.54, 1.807) is 30.3 Å². The maximum Gasteiger partial charge on any atom is 0.266 e. The van der Waals surface area contributed by atoms with Crippen LogP contribution in [-0.4, -0.2) is 19.5 Å². The van der Waals surface area contributed by atoms with E-state index in [0.717, 1.165) is 0 Å². The zero-order valence-electron chi connectivity index (χ0n) is 11.2. The lowest BCUT2D eigenvalue weighted by Crippen LogP contribution is -2.39. The molecule has 0 aliphatic rings. The standard InChI is InChI=1S/C14H13ClN2O4S/c15-11-7-4-8-12(9-11)22(20,21)17-13(14(18)16-19)10-5-2-1-3-6-10/h1-9,13,17,19H,(H,16,18). The van der Waals surface area contributed by atoms with Crippen LogP contribution in [0.25, 0.3) is 0 Å². The summed E-state index contributed by atoms with van der Waals surface area (Å²) in [6.45, 7) is 0. The van der Waals surface area contributed by atoms with Gasteiger partial charge in [-0.05, 0) is 23.8 Å². The van der Waals surface area contributed by atoms with E-state index < -0.39 is 22.0 Å². The Labute approximate surface area is 132 Å². The van der Waals surface area contributed by atoms with Crippen molar-refractivity contribution in [2.75, 3.05) is 0 Å². The number of amides is 1. The minimum absolute atomic E-state index is 0.0772. The Balaban J connectivity index is 2.37. The molecule has 22 heavy (non-hydrogen) atoms. The first-order valence-electron chi connectivity index (χ1n) is 6.21. The van der Waals surface area contributed by atoms with Gasteiger partial charge >= 0.3 is 0 Å². The summed E-state index contributed by atoms with van der Waals surface area (Å²) in [5.41, 5.74) is 1.85. The van der Waals surface area contributed by atoms with E-state index in [4.69, 9.17) is 16.8 Å². The Kier molecular flexibility index (Phi) is 5.15. The SMILES string of the molecule is O=C(NO)C(NS(=O)(=O)c1cccc(Cl)c1)c1ccccc1. The van der Waals surface area contributed by atoms with E-state index in [1.165, 1.54) is 29.7 Å². The van der Waals surface area contributed by atoms with Crippen molar-refractivity contribution < 1.29 is 18.4 Å². The highest BCUT2D eigenvalue weighted by molar-refractivity contribution is 7.89. The van der Waals surface area contributed by atoms with E-state index in [0.29, 0.717) is 5.56 Å². The van der Waals surface area contributed by atoms with Crippen LogP contribution in [-0.2, 0) is 14.8 Å². The third kappa shape index (κ3) is 3.83. The summed E-state index contributed by atoms with van der Waals surface area (Å²) in [7, 11) is -3.99. The van der Waals surface area contributed by atoms with Crippen LogP contribution in [0, 0.1) is 0 Å². The van der Waals surface area contributed by atoms with Gasteiger partial charge in [-0.2, -0.15) is 4.72 Å². The van der Waals surface area contributed by atoms with Crippen molar-refractivity contribution >= 4 is 27.5 Å². The predicted molar refractivity (Wildman–Crippen MR) is 80.9 cm³/mol. The second-order valence-corrected chi connectivity index (χ2v) is 6.55. The largest absolute Gasteiger partial charge is 0.289 e. The molecule has 0 aliphatic carbocycles. The van der Waals surface area contributed by atoms with Gasteiger partial charge in [-0.1, -0.05) is 48.0 Å². The lowest BCUT2D eigenvalue weighted by atomic mass is 10.1. The predicted octanol–water partition coefficient (Wildman–Crippen LogP) is 1.87. The van der Waals surface area contributed by atoms with Gasteiger partial charge < -0.3 is 0 Å². The smallest absolute Gasteiger partial charge is 0.266 e. The molecule has 2 rings (SSSR count). The zero-order valence-corrected chi connectivity index (χ0v) is 12.8. The van der Waals surface area contributed by atoms with Crippen LogP contribution in [0.1, 0.15) is 11.6 Å². The van der Waals surface area contributed by atoms with Gasteiger partial charge in [0.15, 0.2) is 0 Å². The summed E-state index contributed by atoms with van der Waals surface area (Å²) < 4.78 is 27.0. The highest BCUT2D eigenvalue weighted by Crippen LogP contribution is 2.19. The van der Waals surface area contributed by atoms with E-state index >= 15 is 0 Å². The van der Waals surface area contributed by atoms with Gasteiger partial charge in [-0.15, -0.1) is 0 Å². The van der Waals surface area contributed by atoms with Crippen LogP contribution in [0.3, 0.4) is 0 Å². The van der Waals surface area contributed by atoms with Crippen molar-refractivity contribution in [2.45, 2.75) is 10.9 Å². The molecule has 0 aliphatic heterocycles. The Morgan fingerprint density at radius 2 is 1.77 bits per heavy atom. The second kappa shape index (κ2) is 6.89. The molecule has 0 spiro atoms. The van der Waals surface area contributed by atoms with Crippen LogP contribution >= 0.6 is 11.6 Å². The Bertz CT molecular complexity index is 765. The van der Waals surface area contributed by atoms with E-state index in [2.05, 4.69) is 4.72 Å². The number of benzene rings is 2. The third-order valence-electron chi connectivity index (χ3n) is 2.88. The number of carbonyl (C=O) groups is 1. The lowest BCUT2D eigenvalue weighted by Gasteiger charge is -2.17. The number of hydrogen-bond donors (Lipinski definition) is 3. The number of hydroxylamine groups is 1. The molecule has 0 saturated carbocycles. The molecule has 116 valence electrons. The van der Waals surface area contributed by atoms with E-state index in [1.807, 2.05) is 0 Å². The molecule has 0 aromatic heterocycles. The molecule has 0 saturated heterocycles. The molecule has 2 aromatic rings. The monoisotopic (exact) mass is 340 g/mol. The van der Waals surface area contributed by atoms with Gasteiger partial charge in [-0.25, -0.2) is 13.9 Å². The average Bonchev–Trinajstić information content (AvgIpc) is 2.53. The summed E-state index contributed by atoms with van der Waals surface area (Å²) in [5.74, 6) is -0.892. The molecule has 0 bridgehead atoms. The average molecular weight is 341 g/mol. The highest BCUT2D eigenvalue weighted by Gasteiger charge is 2.27. The van der Waals surface area contributed by atoms with Gasteiger partial charge in [-0.3, -0.25) is 10.0 Å².